The molecule has 2 aromatic rings. The lowest BCUT2D eigenvalue weighted by molar-refractivity contribution is 1.32. The Kier molecular flexibility index (Phi) is 8.20. The summed E-state index contributed by atoms with van der Waals surface area (Å²) in [5.41, 5.74) is 8.48. The maximum Gasteiger partial charge on any atom is -0.0111 e. The van der Waals surface area contributed by atoms with Crippen LogP contribution in [0.15, 0.2) is 145 Å². The largest absolute Gasteiger partial charge is 0.0991 e. The van der Waals surface area contributed by atoms with Gasteiger partial charge in [-0.05, 0) is 53.7 Å². The van der Waals surface area contributed by atoms with Gasteiger partial charge in [-0.3, -0.25) is 0 Å². The number of hydrogen-bond acceptors (Lipinski definition) is 0. The third-order valence-corrected chi connectivity index (χ3v) is 5.19. The van der Waals surface area contributed by atoms with Crippen LogP contribution in [-0.2, 0) is 0 Å². The highest BCUT2D eigenvalue weighted by Crippen LogP contribution is 2.26. The van der Waals surface area contributed by atoms with E-state index in [-0.39, 0.29) is 0 Å². The summed E-state index contributed by atoms with van der Waals surface area (Å²) in [6.45, 7) is 8.01. The lowest BCUT2D eigenvalue weighted by atomic mass is 9.94. The molecule has 0 atom stereocenters. The van der Waals surface area contributed by atoms with Gasteiger partial charge >= 0.3 is 0 Å². The summed E-state index contributed by atoms with van der Waals surface area (Å²) in [5, 5.41) is 0. The molecule has 0 saturated carbocycles. The van der Waals surface area contributed by atoms with Crippen LogP contribution in [-0.4, -0.2) is 0 Å². The van der Waals surface area contributed by atoms with Gasteiger partial charge in [0.1, 0.15) is 0 Å². The van der Waals surface area contributed by atoms with Crippen LogP contribution in [0.25, 0.3) is 5.57 Å². The van der Waals surface area contributed by atoms with Gasteiger partial charge < -0.3 is 0 Å². The quantitative estimate of drug-likeness (QED) is 0.407. The zero-order valence-electron chi connectivity index (χ0n) is 18.5. The van der Waals surface area contributed by atoms with Gasteiger partial charge in [0.25, 0.3) is 0 Å². The molecule has 0 spiro atoms. The Bertz CT molecular complexity index is 1080. The van der Waals surface area contributed by atoms with E-state index in [0.717, 1.165) is 6.42 Å². The predicted molar refractivity (Wildman–Crippen MR) is 137 cm³/mol. The SMILES string of the molecule is C=C/C=C\C(=C/C)C(C=CC=C(c1ccccc1)c1ccc(C)cc1)=C1C=CCC=C1. The molecule has 31 heavy (non-hydrogen) atoms. The molecule has 0 nitrogen and oxygen atoms in total. The zero-order valence-corrected chi connectivity index (χ0v) is 18.5. The van der Waals surface area contributed by atoms with Gasteiger partial charge in [0, 0.05) is 0 Å². The van der Waals surface area contributed by atoms with E-state index in [2.05, 4.69) is 130 Å². The molecule has 0 N–H and O–H groups in total. The molecular formula is C31H30. The van der Waals surface area contributed by atoms with Crippen molar-refractivity contribution in [3.63, 3.8) is 0 Å². The molecule has 3 rings (SSSR count). The van der Waals surface area contributed by atoms with E-state index >= 15 is 0 Å². The number of benzene rings is 2. The van der Waals surface area contributed by atoms with Gasteiger partial charge in [-0.2, -0.15) is 0 Å². The molecule has 1 aliphatic carbocycles. The molecule has 0 heterocycles. The minimum absolute atomic E-state index is 0.986. The van der Waals surface area contributed by atoms with Crippen molar-refractivity contribution in [2.24, 2.45) is 0 Å². The molecule has 0 amide bonds. The Morgan fingerprint density at radius 1 is 0.839 bits per heavy atom. The van der Waals surface area contributed by atoms with Crippen LogP contribution < -0.4 is 0 Å². The number of hydrogen-bond donors (Lipinski definition) is 0. The van der Waals surface area contributed by atoms with Gasteiger partial charge in [-0.1, -0.05) is 134 Å². The molecule has 0 unspecified atom stereocenters. The molecular weight excluding hydrogens is 372 g/mol. The standard InChI is InChI=1S/C31H30/c1-4-6-14-26(5-2)30(27-15-9-7-10-16-27)19-13-20-31(28-17-11-8-12-18-28)29-23-21-25(3)22-24-29/h4-6,8-24H,1,7H2,2-3H3/b14-6-,19-13?,26-5+,31-20?. The second-order valence-corrected chi connectivity index (χ2v) is 7.42. The van der Waals surface area contributed by atoms with E-state index < -0.39 is 0 Å². The summed E-state index contributed by atoms with van der Waals surface area (Å²) in [6, 6.07) is 19.3. The van der Waals surface area contributed by atoms with E-state index in [4.69, 9.17) is 0 Å². The Hall–Kier alpha value is -3.64. The molecule has 2 aromatic carbocycles. The lowest BCUT2D eigenvalue weighted by Crippen LogP contribution is -1.91. The van der Waals surface area contributed by atoms with Crippen LogP contribution in [0.3, 0.4) is 0 Å². The zero-order chi connectivity index (χ0) is 21.9. The topological polar surface area (TPSA) is 0 Å². The predicted octanol–water partition coefficient (Wildman–Crippen LogP) is 8.48. The van der Waals surface area contributed by atoms with Gasteiger partial charge in [0.05, 0.1) is 0 Å². The summed E-state index contributed by atoms with van der Waals surface area (Å²) in [7, 11) is 0. The normalized spacial score (nSPS) is 14.6. The Labute approximate surface area is 187 Å². The summed E-state index contributed by atoms with van der Waals surface area (Å²) in [6.07, 6.45) is 24.4. The van der Waals surface area contributed by atoms with Crippen LogP contribution in [0.4, 0.5) is 0 Å². The molecule has 0 saturated heterocycles. The monoisotopic (exact) mass is 402 g/mol. The second kappa shape index (κ2) is 11.5. The highest BCUT2D eigenvalue weighted by atomic mass is 14.1. The average Bonchev–Trinajstić information content (AvgIpc) is 2.82. The first-order valence-electron chi connectivity index (χ1n) is 10.8. The van der Waals surface area contributed by atoms with Crippen molar-refractivity contribution in [1.29, 1.82) is 0 Å². The Balaban J connectivity index is 2.06. The molecule has 0 heteroatoms. The van der Waals surface area contributed by atoms with Crippen molar-refractivity contribution in [3.8, 4) is 0 Å². The Morgan fingerprint density at radius 3 is 2.16 bits per heavy atom. The molecule has 0 radical (unpaired) electrons. The van der Waals surface area contributed by atoms with E-state index in [1.165, 1.54) is 39.0 Å². The maximum atomic E-state index is 3.81. The fraction of sp³-hybridized carbons (Fsp3) is 0.0968. The van der Waals surface area contributed by atoms with E-state index in [1.54, 1.807) is 0 Å². The summed E-state index contributed by atoms with van der Waals surface area (Å²) in [4.78, 5) is 0. The summed E-state index contributed by atoms with van der Waals surface area (Å²) >= 11 is 0. The van der Waals surface area contributed by atoms with Crippen molar-refractivity contribution < 1.29 is 0 Å². The van der Waals surface area contributed by atoms with Crippen LogP contribution in [0.2, 0.25) is 0 Å². The molecule has 0 bridgehead atoms. The van der Waals surface area contributed by atoms with Crippen molar-refractivity contribution >= 4 is 5.57 Å². The summed E-state index contributed by atoms with van der Waals surface area (Å²) in [5.74, 6) is 0. The van der Waals surface area contributed by atoms with Gasteiger partial charge in [-0.15, -0.1) is 0 Å². The smallest absolute Gasteiger partial charge is 0.0111 e. The van der Waals surface area contributed by atoms with Crippen molar-refractivity contribution in [3.05, 3.63) is 161 Å². The highest BCUT2D eigenvalue weighted by Gasteiger charge is 2.06. The Morgan fingerprint density at radius 2 is 1.52 bits per heavy atom. The average molecular weight is 403 g/mol. The first kappa shape index (κ1) is 22.1. The van der Waals surface area contributed by atoms with E-state index in [9.17, 15) is 0 Å². The molecule has 154 valence electrons. The minimum Gasteiger partial charge on any atom is -0.0991 e. The molecule has 1 aliphatic rings. The second-order valence-electron chi connectivity index (χ2n) is 7.42. The number of rotatable bonds is 7. The van der Waals surface area contributed by atoms with Crippen LogP contribution >= 0.6 is 0 Å². The molecule has 0 fully saturated rings. The third kappa shape index (κ3) is 6.17. The summed E-state index contributed by atoms with van der Waals surface area (Å²) < 4.78 is 0. The fourth-order valence-electron chi connectivity index (χ4n) is 3.53. The highest BCUT2D eigenvalue weighted by molar-refractivity contribution is 5.81. The van der Waals surface area contributed by atoms with Crippen LogP contribution in [0.1, 0.15) is 30.0 Å². The van der Waals surface area contributed by atoms with E-state index in [1.807, 2.05) is 12.2 Å². The van der Waals surface area contributed by atoms with Gasteiger partial charge in [0.15, 0.2) is 0 Å². The van der Waals surface area contributed by atoms with Crippen LogP contribution in [0.5, 0.6) is 0 Å². The number of aryl methyl sites for hydroxylation is 1. The van der Waals surface area contributed by atoms with Crippen molar-refractivity contribution in [2.45, 2.75) is 20.3 Å². The van der Waals surface area contributed by atoms with E-state index in [0.29, 0.717) is 0 Å². The minimum atomic E-state index is 0.986. The molecule has 0 aromatic heterocycles. The third-order valence-electron chi connectivity index (χ3n) is 5.19. The lowest BCUT2D eigenvalue weighted by Gasteiger charge is -2.11. The van der Waals surface area contributed by atoms with Crippen molar-refractivity contribution in [2.75, 3.05) is 0 Å². The van der Waals surface area contributed by atoms with Gasteiger partial charge in [0.2, 0.25) is 0 Å². The fourth-order valence-corrected chi connectivity index (χ4v) is 3.53. The first-order valence-corrected chi connectivity index (χ1v) is 10.8. The van der Waals surface area contributed by atoms with Crippen molar-refractivity contribution in [1.82, 2.24) is 0 Å². The maximum absolute atomic E-state index is 3.81. The first-order chi connectivity index (χ1) is 15.2. The van der Waals surface area contributed by atoms with Gasteiger partial charge in [-0.25, -0.2) is 0 Å². The molecule has 0 aliphatic heterocycles. The number of allylic oxidation sites excluding steroid dienone is 14. The van der Waals surface area contributed by atoms with Crippen LogP contribution in [0, 0.1) is 6.92 Å².